The highest BCUT2D eigenvalue weighted by Crippen LogP contribution is 2.33. The third-order valence-corrected chi connectivity index (χ3v) is 4.11. The number of benzene rings is 1. The third-order valence-electron chi connectivity index (χ3n) is 4.11. The van der Waals surface area contributed by atoms with Crippen molar-refractivity contribution in [3.8, 4) is 11.5 Å². The van der Waals surface area contributed by atoms with Crippen LogP contribution in [-0.4, -0.2) is 29.3 Å². The summed E-state index contributed by atoms with van der Waals surface area (Å²) in [4.78, 5) is 14.8. The maximum atomic E-state index is 13.0. The van der Waals surface area contributed by atoms with E-state index in [2.05, 4.69) is 5.16 Å². The average molecular weight is 330 g/mol. The number of nitrogens with zero attached hydrogens (tertiary/aromatic N) is 2. The number of carbonyl (C=O) groups excluding carboxylic acids is 1. The first-order valence-corrected chi connectivity index (χ1v) is 8.15. The molecule has 0 atom stereocenters. The first-order valence-electron chi connectivity index (χ1n) is 8.15. The summed E-state index contributed by atoms with van der Waals surface area (Å²) in [5.74, 6) is 2.15. The summed E-state index contributed by atoms with van der Waals surface area (Å²) in [6.45, 7) is 9.08. The molecule has 0 fully saturated rings. The fourth-order valence-electron chi connectivity index (χ4n) is 2.79. The van der Waals surface area contributed by atoms with Crippen molar-refractivity contribution in [2.45, 2.75) is 40.2 Å². The van der Waals surface area contributed by atoms with Crippen molar-refractivity contribution in [3.63, 3.8) is 0 Å². The van der Waals surface area contributed by atoms with E-state index in [-0.39, 0.29) is 18.6 Å². The lowest BCUT2D eigenvalue weighted by Gasteiger charge is -2.21. The van der Waals surface area contributed by atoms with Crippen molar-refractivity contribution < 1.29 is 18.8 Å². The number of hydrogen-bond acceptors (Lipinski definition) is 5. The van der Waals surface area contributed by atoms with Gasteiger partial charge in [-0.15, -0.1) is 0 Å². The summed E-state index contributed by atoms with van der Waals surface area (Å²) in [6, 6.07) is 5.75. The van der Waals surface area contributed by atoms with Gasteiger partial charge in [0.05, 0.1) is 5.69 Å². The van der Waals surface area contributed by atoms with Gasteiger partial charge in [-0.1, -0.05) is 25.1 Å². The first kappa shape index (κ1) is 16.4. The summed E-state index contributed by atoms with van der Waals surface area (Å²) in [6.07, 6.45) is 0. The van der Waals surface area contributed by atoms with Gasteiger partial charge in [-0.3, -0.25) is 4.79 Å². The van der Waals surface area contributed by atoms with Crippen LogP contribution in [0.3, 0.4) is 0 Å². The average Bonchev–Trinajstić information content (AvgIpc) is 3.17. The number of aromatic nitrogens is 1. The van der Waals surface area contributed by atoms with E-state index in [1.807, 2.05) is 39.0 Å². The fourth-order valence-corrected chi connectivity index (χ4v) is 2.79. The SMILES string of the molecule is CCN(Cc1ccc2c(c1)OCO2)C(=O)c1c(C)noc1C(C)C. The van der Waals surface area contributed by atoms with Crippen molar-refractivity contribution in [2.75, 3.05) is 13.3 Å². The van der Waals surface area contributed by atoms with Gasteiger partial charge in [0.1, 0.15) is 5.56 Å². The van der Waals surface area contributed by atoms with Crippen molar-refractivity contribution in [1.82, 2.24) is 10.1 Å². The highest BCUT2D eigenvalue weighted by Gasteiger charge is 2.26. The summed E-state index contributed by atoms with van der Waals surface area (Å²) >= 11 is 0. The van der Waals surface area contributed by atoms with Crippen LogP contribution in [-0.2, 0) is 6.54 Å². The highest BCUT2D eigenvalue weighted by molar-refractivity contribution is 5.96. The second-order valence-electron chi connectivity index (χ2n) is 6.17. The molecular formula is C18H22N2O4. The molecule has 6 nitrogen and oxygen atoms in total. The van der Waals surface area contributed by atoms with Gasteiger partial charge in [-0.05, 0) is 31.5 Å². The Morgan fingerprint density at radius 3 is 2.75 bits per heavy atom. The molecule has 24 heavy (non-hydrogen) atoms. The van der Waals surface area contributed by atoms with Crippen molar-refractivity contribution in [1.29, 1.82) is 0 Å². The fraction of sp³-hybridized carbons (Fsp3) is 0.444. The van der Waals surface area contributed by atoms with Gasteiger partial charge in [0.25, 0.3) is 5.91 Å². The standard InChI is InChI=1S/C18H22N2O4/c1-5-20(9-13-6-7-14-15(8-13)23-10-22-14)18(21)16-12(4)19-24-17(16)11(2)3/h6-8,11H,5,9-10H2,1-4H3. The van der Waals surface area contributed by atoms with Gasteiger partial charge < -0.3 is 18.9 Å². The molecule has 128 valence electrons. The summed E-state index contributed by atoms with van der Waals surface area (Å²) in [5.41, 5.74) is 2.20. The van der Waals surface area contributed by atoms with E-state index in [0.29, 0.717) is 30.1 Å². The number of ether oxygens (including phenoxy) is 2. The molecule has 0 aliphatic carbocycles. The number of hydrogen-bond donors (Lipinski definition) is 0. The minimum atomic E-state index is -0.0578. The van der Waals surface area contributed by atoms with Gasteiger partial charge in [-0.2, -0.15) is 0 Å². The molecule has 0 saturated carbocycles. The minimum absolute atomic E-state index is 0.0578. The van der Waals surface area contributed by atoms with Crippen LogP contribution < -0.4 is 9.47 Å². The molecule has 1 aromatic carbocycles. The normalized spacial score (nSPS) is 12.7. The van der Waals surface area contributed by atoms with Gasteiger partial charge in [-0.25, -0.2) is 0 Å². The Morgan fingerprint density at radius 1 is 1.29 bits per heavy atom. The molecule has 6 heteroatoms. The maximum Gasteiger partial charge on any atom is 0.259 e. The van der Waals surface area contributed by atoms with Crippen molar-refractivity contribution in [2.24, 2.45) is 0 Å². The smallest absolute Gasteiger partial charge is 0.259 e. The Balaban J connectivity index is 1.84. The molecule has 1 aromatic heterocycles. The van der Waals surface area contributed by atoms with Crippen LogP contribution in [0.5, 0.6) is 11.5 Å². The second kappa shape index (κ2) is 6.55. The summed E-state index contributed by atoms with van der Waals surface area (Å²) in [5, 5.41) is 3.97. The molecule has 1 aliphatic rings. The van der Waals surface area contributed by atoms with Crippen LogP contribution in [0, 0.1) is 6.92 Å². The predicted octanol–water partition coefficient (Wildman–Crippen LogP) is 3.50. The topological polar surface area (TPSA) is 64.8 Å². The molecule has 2 aromatic rings. The maximum absolute atomic E-state index is 13.0. The zero-order chi connectivity index (χ0) is 17.3. The van der Waals surface area contributed by atoms with E-state index in [4.69, 9.17) is 14.0 Å². The largest absolute Gasteiger partial charge is 0.454 e. The third kappa shape index (κ3) is 2.96. The van der Waals surface area contributed by atoms with Gasteiger partial charge >= 0.3 is 0 Å². The molecule has 0 spiro atoms. The number of rotatable bonds is 5. The predicted molar refractivity (Wildman–Crippen MR) is 88.3 cm³/mol. The van der Waals surface area contributed by atoms with E-state index in [9.17, 15) is 4.79 Å². The van der Waals surface area contributed by atoms with Gasteiger partial charge in [0.2, 0.25) is 6.79 Å². The Labute approximate surface area is 141 Å². The van der Waals surface area contributed by atoms with E-state index in [0.717, 1.165) is 17.1 Å². The van der Waals surface area contributed by atoms with Crippen LogP contribution in [0.4, 0.5) is 0 Å². The number of carbonyl (C=O) groups is 1. The van der Waals surface area contributed by atoms with E-state index >= 15 is 0 Å². The van der Waals surface area contributed by atoms with Crippen molar-refractivity contribution >= 4 is 5.91 Å². The molecule has 3 rings (SSSR count). The van der Waals surface area contributed by atoms with E-state index < -0.39 is 0 Å². The molecule has 1 amide bonds. The first-order chi connectivity index (χ1) is 11.5. The number of fused-ring (bicyclic) bond motifs is 1. The Kier molecular flexibility index (Phi) is 4.46. The van der Waals surface area contributed by atoms with Gasteiger partial charge in [0.15, 0.2) is 17.3 Å². The molecule has 0 radical (unpaired) electrons. The Hall–Kier alpha value is -2.50. The number of aryl methyl sites for hydroxylation is 1. The van der Waals surface area contributed by atoms with E-state index in [1.54, 1.807) is 11.8 Å². The Morgan fingerprint density at radius 2 is 2.04 bits per heavy atom. The molecule has 2 heterocycles. The molecule has 1 aliphatic heterocycles. The molecular weight excluding hydrogens is 308 g/mol. The summed E-state index contributed by atoms with van der Waals surface area (Å²) < 4.78 is 16.1. The molecule has 0 saturated heterocycles. The molecule has 0 unspecified atom stereocenters. The van der Waals surface area contributed by atoms with Gasteiger partial charge in [0, 0.05) is 19.0 Å². The lowest BCUT2D eigenvalue weighted by molar-refractivity contribution is 0.0749. The molecule has 0 N–H and O–H groups in total. The summed E-state index contributed by atoms with van der Waals surface area (Å²) in [7, 11) is 0. The zero-order valence-corrected chi connectivity index (χ0v) is 14.5. The quantitative estimate of drug-likeness (QED) is 0.839. The van der Waals surface area contributed by atoms with Crippen LogP contribution in [0.2, 0.25) is 0 Å². The monoisotopic (exact) mass is 330 g/mol. The number of amides is 1. The van der Waals surface area contributed by atoms with Crippen LogP contribution in [0.1, 0.15) is 54.1 Å². The zero-order valence-electron chi connectivity index (χ0n) is 14.5. The lowest BCUT2D eigenvalue weighted by Crippen LogP contribution is -2.31. The van der Waals surface area contributed by atoms with Crippen LogP contribution in [0.25, 0.3) is 0 Å². The Bertz CT molecular complexity index is 751. The second-order valence-corrected chi connectivity index (χ2v) is 6.17. The van der Waals surface area contributed by atoms with Crippen molar-refractivity contribution in [3.05, 3.63) is 40.8 Å². The molecule has 0 bridgehead atoms. The van der Waals surface area contributed by atoms with Crippen LogP contribution >= 0.6 is 0 Å². The highest BCUT2D eigenvalue weighted by atomic mass is 16.7. The lowest BCUT2D eigenvalue weighted by atomic mass is 10.0. The minimum Gasteiger partial charge on any atom is -0.454 e. The van der Waals surface area contributed by atoms with E-state index in [1.165, 1.54) is 0 Å². The van der Waals surface area contributed by atoms with Crippen LogP contribution in [0.15, 0.2) is 22.7 Å².